The molecule has 1 rings (SSSR count). The first kappa shape index (κ1) is 14.8. The number of nitrogens with one attached hydrogen (secondary N) is 2. The molecular formula is C13H19ClN2O2. The van der Waals surface area contributed by atoms with Gasteiger partial charge >= 0.3 is 0 Å². The molecule has 0 heterocycles. The minimum atomic E-state index is -0.483. The van der Waals surface area contributed by atoms with Crippen LogP contribution in [0.1, 0.15) is 20.8 Å². The van der Waals surface area contributed by atoms with Crippen molar-refractivity contribution in [3.05, 3.63) is 23.2 Å². The smallest absolute Gasteiger partial charge is 0.253 e. The molecule has 1 aromatic rings. The van der Waals surface area contributed by atoms with E-state index in [0.717, 1.165) is 12.2 Å². The number of rotatable bonds is 6. The van der Waals surface area contributed by atoms with Crippen LogP contribution in [0, 0.1) is 0 Å². The summed E-state index contributed by atoms with van der Waals surface area (Å²) in [7, 11) is 0. The summed E-state index contributed by atoms with van der Waals surface area (Å²) < 4.78 is 5.24. The second-order valence-corrected chi connectivity index (χ2v) is 4.24. The summed E-state index contributed by atoms with van der Waals surface area (Å²) in [5.74, 6) is -0.182. The lowest BCUT2D eigenvalue weighted by molar-refractivity contribution is -0.126. The first-order valence-electron chi connectivity index (χ1n) is 6.04. The van der Waals surface area contributed by atoms with Gasteiger partial charge in [0, 0.05) is 18.2 Å². The van der Waals surface area contributed by atoms with E-state index in [9.17, 15) is 4.79 Å². The Morgan fingerprint density at radius 3 is 2.72 bits per heavy atom. The largest absolute Gasteiger partial charge is 0.384 e. The summed E-state index contributed by atoms with van der Waals surface area (Å²) in [5, 5.41) is 6.55. The van der Waals surface area contributed by atoms with Crippen LogP contribution in [0.5, 0.6) is 0 Å². The zero-order valence-electron chi connectivity index (χ0n) is 10.9. The highest BCUT2D eigenvalue weighted by atomic mass is 35.5. The Balaban J connectivity index is 2.81. The first-order chi connectivity index (χ1) is 8.58. The lowest BCUT2D eigenvalue weighted by Gasteiger charge is -2.15. The zero-order valence-corrected chi connectivity index (χ0v) is 11.7. The second kappa shape index (κ2) is 7.24. The Morgan fingerprint density at radius 2 is 2.11 bits per heavy atom. The fourth-order valence-corrected chi connectivity index (χ4v) is 1.70. The van der Waals surface area contributed by atoms with E-state index < -0.39 is 6.10 Å². The average Bonchev–Trinajstić information content (AvgIpc) is 2.33. The van der Waals surface area contributed by atoms with Crippen LogP contribution in [-0.2, 0) is 9.53 Å². The molecule has 0 aromatic heterocycles. The number of amides is 1. The topological polar surface area (TPSA) is 50.4 Å². The molecule has 1 atom stereocenters. The van der Waals surface area contributed by atoms with Crippen LogP contribution in [0.4, 0.5) is 11.4 Å². The van der Waals surface area contributed by atoms with Gasteiger partial charge < -0.3 is 15.4 Å². The highest BCUT2D eigenvalue weighted by Gasteiger charge is 2.14. The molecule has 0 saturated heterocycles. The van der Waals surface area contributed by atoms with Crippen LogP contribution in [0.3, 0.4) is 0 Å². The van der Waals surface area contributed by atoms with Gasteiger partial charge in [-0.25, -0.2) is 0 Å². The molecule has 0 fully saturated rings. The maximum Gasteiger partial charge on any atom is 0.253 e. The fourth-order valence-electron chi connectivity index (χ4n) is 1.52. The van der Waals surface area contributed by atoms with E-state index >= 15 is 0 Å². The number of carbonyl (C=O) groups is 1. The molecule has 0 aliphatic carbocycles. The zero-order chi connectivity index (χ0) is 13.5. The third kappa shape index (κ3) is 4.20. The van der Waals surface area contributed by atoms with Crippen LogP contribution in [0.25, 0.3) is 0 Å². The van der Waals surface area contributed by atoms with Gasteiger partial charge in [-0.05, 0) is 39.0 Å². The van der Waals surface area contributed by atoms with Crippen molar-refractivity contribution in [2.75, 3.05) is 23.8 Å². The van der Waals surface area contributed by atoms with Gasteiger partial charge in [-0.15, -0.1) is 0 Å². The van der Waals surface area contributed by atoms with E-state index in [0.29, 0.717) is 17.3 Å². The maximum absolute atomic E-state index is 11.9. The molecular weight excluding hydrogens is 252 g/mol. The van der Waals surface area contributed by atoms with Crippen LogP contribution in [0.15, 0.2) is 18.2 Å². The summed E-state index contributed by atoms with van der Waals surface area (Å²) in [6, 6.07) is 5.34. The van der Waals surface area contributed by atoms with E-state index in [1.165, 1.54) is 0 Å². The highest BCUT2D eigenvalue weighted by molar-refractivity contribution is 6.31. The predicted octanol–water partition coefficient (Wildman–Crippen LogP) is 3.14. The van der Waals surface area contributed by atoms with Crippen molar-refractivity contribution >= 4 is 28.9 Å². The fraction of sp³-hybridized carbons (Fsp3) is 0.462. The normalized spacial score (nSPS) is 12.0. The van der Waals surface area contributed by atoms with E-state index in [1.807, 2.05) is 19.9 Å². The average molecular weight is 271 g/mol. The third-order valence-corrected chi connectivity index (χ3v) is 2.63. The SMILES string of the molecule is CCNc1ccc(Cl)cc1NC(=O)[C@H](C)OCC. The molecule has 1 amide bonds. The van der Waals surface area contributed by atoms with Crippen molar-refractivity contribution in [3.8, 4) is 0 Å². The molecule has 0 unspecified atom stereocenters. The van der Waals surface area contributed by atoms with Gasteiger partial charge in [0.05, 0.1) is 11.4 Å². The molecule has 18 heavy (non-hydrogen) atoms. The lowest BCUT2D eigenvalue weighted by atomic mass is 10.2. The van der Waals surface area contributed by atoms with Gasteiger partial charge in [-0.2, -0.15) is 0 Å². The molecule has 0 aliphatic heterocycles. The number of benzene rings is 1. The molecule has 0 spiro atoms. The van der Waals surface area contributed by atoms with Gasteiger partial charge in [-0.3, -0.25) is 4.79 Å². The van der Waals surface area contributed by atoms with Crippen LogP contribution in [-0.4, -0.2) is 25.2 Å². The van der Waals surface area contributed by atoms with E-state index in [2.05, 4.69) is 10.6 Å². The molecule has 0 bridgehead atoms. The van der Waals surface area contributed by atoms with Crippen molar-refractivity contribution in [3.63, 3.8) is 0 Å². The first-order valence-corrected chi connectivity index (χ1v) is 6.42. The van der Waals surface area contributed by atoms with Crippen LogP contribution >= 0.6 is 11.6 Å². The van der Waals surface area contributed by atoms with Crippen LogP contribution in [0.2, 0.25) is 5.02 Å². The van der Waals surface area contributed by atoms with Crippen molar-refractivity contribution in [1.29, 1.82) is 0 Å². The highest BCUT2D eigenvalue weighted by Crippen LogP contribution is 2.25. The Morgan fingerprint density at radius 1 is 1.39 bits per heavy atom. The standard InChI is InChI=1S/C13H19ClN2O2/c1-4-15-11-7-6-10(14)8-12(11)16-13(17)9(3)18-5-2/h6-9,15H,4-5H2,1-3H3,(H,16,17)/t9-/m0/s1. The molecule has 0 radical (unpaired) electrons. The quantitative estimate of drug-likeness (QED) is 0.835. The summed E-state index contributed by atoms with van der Waals surface area (Å²) in [4.78, 5) is 11.9. The minimum absolute atomic E-state index is 0.182. The number of hydrogen-bond donors (Lipinski definition) is 2. The van der Waals surface area contributed by atoms with Gasteiger partial charge in [0.1, 0.15) is 6.10 Å². The van der Waals surface area contributed by atoms with Gasteiger partial charge in [0.15, 0.2) is 0 Å². The van der Waals surface area contributed by atoms with E-state index in [-0.39, 0.29) is 5.91 Å². The van der Waals surface area contributed by atoms with Crippen molar-refractivity contribution in [2.24, 2.45) is 0 Å². The number of anilines is 2. The molecule has 2 N–H and O–H groups in total. The Kier molecular flexibility index (Phi) is 5.95. The number of carbonyl (C=O) groups excluding carboxylic acids is 1. The number of hydrogen-bond acceptors (Lipinski definition) is 3. The molecule has 4 nitrogen and oxygen atoms in total. The number of ether oxygens (including phenoxy) is 1. The van der Waals surface area contributed by atoms with E-state index in [1.54, 1.807) is 19.1 Å². The Labute approximate surface area is 113 Å². The molecule has 0 aliphatic rings. The Hall–Kier alpha value is -1.26. The maximum atomic E-state index is 11.9. The van der Waals surface area contributed by atoms with Gasteiger partial charge in [-0.1, -0.05) is 11.6 Å². The summed E-state index contributed by atoms with van der Waals surface area (Å²) >= 11 is 5.93. The summed E-state index contributed by atoms with van der Waals surface area (Å²) in [5.41, 5.74) is 1.51. The molecule has 100 valence electrons. The van der Waals surface area contributed by atoms with Crippen molar-refractivity contribution in [1.82, 2.24) is 0 Å². The third-order valence-electron chi connectivity index (χ3n) is 2.39. The molecule has 5 heteroatoms. The molecule has 1 aromatic carbocycles. The monoisotopic (exact) mass is 270 g/mol. The summed E-state index contributed by atoms with van der Waals surface area (Å²) in [6.45, 7) is 6.84. The van der Waals surface area contributed by atoms with Crippen LogP contribution < -0.4 is 10.6 Å². The lowest BCUT2D eigenvalue weighted by Crippen LogP contribution is -2.28. The van der Waals surface area contributed by atoms with Gasteiger partial charge in [0.25, 0.3) is 5.91 Å². The molecule has 0 saturated carbocycles. The number of halogens is 1. The second-order valence-electron chi connectivity index (χ2n) is 3.81. The van der Waals surface area contributed by atoms with Gasteiger partial charge in [0.2, 0.25) is 0 Å². The Bertz CT molecular complexity index is 410. The van der Waals surface area contributed by atoms with Crippen molar-refractivity contribution < 1.29 is 9.53 Å². The van der Waals surface area contributed by atoms with E-state index in [4.69, 9.17) is 16.3 Å². The van der Waals surface area contributed by atoms with Crippen molar-refractivity contribution in [2.45, 2.75) is 26.9 Å². The summed E-state index contributed by atoms with van der Waals surface area (Å²) in [6.07, 6.45) is -0.483. The predicted molar refractivity (Wildman–Crippen MR) is 75.3 cm³/mol. The minimum Gasteiger partial charge on any atom is -0.384 e.